The second-order valence-corrected chi connectivity index (χ2v) is 8.50. The fourth-order valence-corrected chi connectivity index (χ4v) is 4.13. The number of nitrogens with one attached hydrogen (secondary N) is 1. The average molecular weight is 446 g/mol. The molecule has 28 heavy (non-hydrogen) atoms. The average Bonchev–Trinajstić information content (AvgIpc) is 3.42. The van der Waals surface area contributed by atoms with Gasteiger partial charge in [-0.1, -0.05) is 28.1 Å². The Morgan fingerprint density at radius 3 is 2.29 bits per heavy atom. The molecule has 1 aromatic heterocycles. The maximum atomic E-state index is 10.4. The maximum Gasteiger partial charge on any atom is 0.229 e. The van der Waals surface area contributed by atoms with Crippen LogP contribution in [0.2, 0.25) is 0 Å². The largest absolute Gasteiger partial charge is 0.388 e. The smallest absolute Gasteiger partial charge is 0.229 e. The van der Waals surface area contributed by atoms with Gasteiger partial charge in [-0.15, -0.1) is 0 Å². The van der Waals surface area contributed by atoms with Crippen molar-refractivity contribution in [2.75, 3.05) is 47.8 Å². The number of halogens is 1. The number of hydrogen-bond acceptors (Lipinski definition) is 6. The highest BCUT2D eigenvalue weighted by atomic mass is 79.9. The van der Waals surface area contributed by atoms with Crippen LogP contribution in [0.4, 0.5) is 17.6 Å². The van der Waals surface area contributed by atoms with Gasteiger partial charge in [0.1, 0.15) is 11.6 Å². The minimum Gasteiger partial charge on any atom is -0.388 e. The van der Waals surface area contributed by atoms with E-state index in [4.69, 9.17) is 9.97 Å². The molecular weight excluding hydrogens is 418 g/mol. The molecule has 2 fully saturated rings. The molecule has 0 amide bonds. The van der Waals surface area contributed by atoms with E-state index in [9.17, 15) is 5.11 Å². The van der Waals surface area contributed by atoms with Crippen LogP contribution in [0.15, 0.2) is 34.8 Å². The summed E-state index contributed by atoms with van der Waals surface area (Å²) in [5, 5.41) is 13.9. The van der Waals surface area contributed by atoms with Crippen LogP contribution in [0.1, 0.15) is 43.8 Å². The Kier molecular flexibility index (Phi) is 6.32. The first-order valence-electron chi connectivity index (χ1n) is 10.3. The van der Waals surface area contributed by atoms with Gasteiger partial charge in [0.25, 0.3) is 0 Å². The Morgan fingerprint density at radius 2 is 1.61 bits per heavy atom. The van der Waals surface area contributed by atoms with E-state index in [1.165, 1.54) is 25.7 Å². The molecule has 1 atom stereocenters. The molecule has 7 heteroatoms. The summed E-state index contributed by atoms with van der Waals surface area (Å²) in [5.74, 6) is 2.70. The molecule has 2 N–H and O–H groups in total. The van der Waals surface area contributed by atoms with Gasteiger partial charge < -0.3 is 20.2 Å². The van der Waals surface area contributed by atoms with Crippen molar-refractivity contribution in [3.05, 3.63) is 40.4 Å². The molecule has 150 valence electrons. The number of aliphatic hydroxyl groups is 1. The molecule has 1 aromatic carbocycles. The number of nitrogens with zero attached hydrogens (tertiary/aromatic N) is 4. The topological polar surface area (TPSA) is 64.5 Å². The number of benzene rings is 1. The van der Waals surface area contributed by atoms with Gasteiger partial charge >= 0.3 is 0 Å². The number of hydrogen-bond donors (Lipinski definition) is 2. The van der Waals surface area contributed by atoms with E-state index in [1.807, 2.05) is 24.3 Å². The quantitative estimate of drug-likeness (QED) is 0.671. The fourth-order valence-electron chi connectivity index (χ4n) is 3.87. The van der Waals surface area contributed by atoms with Crippen molar-refractivity contribution in [1.82, 2.24) is 9.97 Å². The van der Waals surface area contributed by atoms with Gasteiger partial charge in [0.05, 0.1) is 6.10 Å². The molecule has 0 bridgehead atoms. The molecule has 2 saturated heterocycles. The lowest BCUT2D eigenvalue weighted by Crippen LogP contribution is -2.25. The summed E-state index contributed by atoms with van der Waals surface area (Å²) in [6.07, 6.45) is 5.01. The third kappa shape index (κ3) is 4.75. The molecule has 2 aliphatic rings. The van der Waals surface area contributed by atoms with Gasteiger partial charge in [0.15, 0.2) is 0 Å². The lowest BCUT2D eigenvalue weighted by atomic mass is 10.1. The van der Waals surface area contributed by atoms with Crippen molar-refractivity contribution in [1.29, 1.82) is 0 Å². The summed E-state index contributed by atoms with van der Waals surface area (Å²) >= 11 is 3.43. The van der Waals surface area contributed by atoms with E-state index < -0.39 is 6.10 Å². The fraction of sp³-hybridized carbons (Fsp3) is 0.524. The number of aliphatic hydroxyl groups excluding tert-OH is 1. The molecule has 4 rings (SSSR count). The first-order valence-corrected chi connectivity index (χ1v) is 11.0. The predicted molar refractivity (Wildman–Crippen MR) is 117 cm³/mol. The predicted octanol–water partition coefficient (Wildman–Crippen LogP) is 3.98. The summed E-state index contributed by atoms with van der Waals surface area (Å²) in [7, 11) is 0. The minimum atomic E-state index is -0.487. The summed E-state index contributed by atoms with van der Waals surface area (Å²) in [6, 6.07) is 9.88. The highest BCUT2D eigenvalue weighted by Gasteiger charge is 2.20. The Labute approximate surface area is 175 Å². The van der Waals surface area contributed by atoms with Crippen LogP contribution < -0.4 is 15.1 Å². The summed E-state index contributed by atoms with van der Waals surface area (Å²) in [4.78, 5) is 14.2. The van der Waals surface area contributed by atoms with E-state index in [2.05, 4.69) is 37.1 Å². The second-order valence-electron chi connectivity index (χ2n) is 7.58. The third-order valence-corrected chi connectivity index (χ3v) is 6.03. The molecule has 0 aliphatic carbocycles. The Hall–Kier alpha value is -1.86. The zero-order valence-corrected chi connectivity index (χ0v) is 17.7. The normalized spacial score (nSPS) is 17.9. The molecule has 0 saturated carbocycles. The SMILES string of the molecule is OC(CCNc1cc(N2CCCC2)nc(N2CCCC2)n1)c1ccc(Br)cc1. The van der Waals surface area contributed by atoms with E-state index >= 15 is 0 Å². The van der Waals surface area contributed by atoms with Crippen LogP contribution >= 0.6 is 15.9 Å². The van der Waals surface area contributed by atoms with Crippen molar-refractivity contribution in [3.8, 4) is 0 Å². The van der Waals surface area contributed by atoms with Crippen LogP contribution in [0.5, 0.6) is 0 Å². The molecule has 2 aromatic rings. The Morgan fingerprint density at radius 1 is 0.964 bits per heavy atom. The van der Waals surface area contributed by atoms with Gasteiger partial charge in [0, 0.05) is 43.3 Å². The van der Waals surface area contributed by atoms with E-state index in [1.54, 1.807) is 0 Å². The molecule has 6 nitrogen and oxygen atoms in total. The lowest BCUT2D eigenvalue weighted by Gasteiger charge is -2.22. The number of rotatable bonds is 7. The Bertz CT molecular complexity index is 739. The van der Waals surface area contributed by atoms with Gasteiger partial charge in [0.2, 0.25) is 5.95 Å². The van der Waals surface area contributed by atoms with Crippen molar-refractivity contribution in [2.45, 2.75) is 38.2 Å². The Balaban J connectivity index is 1.43. The first kappa shape index (κ1) is 19.5. The van der Waals surface area contributed by atoms with Crippen LogP contribution in [-0.4, -0.2) is 47.8 Å². The van der Waals surface area contributed by atoms with E-state index in [0.29, 0.717) is 13.0 Å². The zero-order chi connectivity index (χ0) is 19.3. The zero-order valence-electron chi connectivity index (χ0n) is 16.1. The van der Waals surface area contributed by atoms with Crippen LogP contribution in [-0.2, 0) is 0 Å². The minimum absolute atomic E-state index is 0.487. The molecule has 0 spiro atoms. The third-order valence-electron chi connectivity index (χ3n) is 5.50. The van der Waals surface area contributed by atoms with Crippen molar-refractivity contribution in [3.63, 3.8) is 0 Å². The monoisotopic (exact) mass is 445 g/mol. The summed E-state index contributed by atoms with van der Waals surface area (Å²) < 4.78 is 1.02. The van der Waals surface area contributed by atoms with E-state index in [-0.39, 0.29) is 0 Å². The van der Waals surface area contributed by atoms with E-state index in [0.717, 1.165) is 53.8 Å². The standard InChI is InChI=1S/C21H28BrN5O/c22-17-7-5-16(6-8-17)18(28)9-10-23-19-15-20(26-11-1-2-12-26)25-21(24-19)27-13-3-4-14-27/h5-8,15,18,28H,1-4,9-14H2,(H,23,24,25). The number of anilines is 3. The van der Waals surface area contributed by atoms with Crippen LogP contribution in [0.25, 0.3) is 0 Å². The van der Waals surface area contributed by atoms with Gasteiger partial charge in [-0.05, 0) is 49.8 Å². The molecular formula is C21H28BrN5O. The van der Waals surface area contributed by atoms with Crippen LogP contribution in [0, 0.1) is 0 Å². The summed E-state index contributed by atoms with van der Waals surface area (Å²) in [5.41, 5.74) is 0.934. The molecule has 1 unspecified atom stereocenters. The lowest BCUT2D eigenvalue weighted by molar-refractivity contribution is 0.171. The molecule has 0 radical (unpaired) electrons. The summed E-state index contributed by atoms with van der Waals surface area (Å²) in [6.45, 7) is 4.86. The van der Waals surface area contributed by atoms with Crippen molar-refractivity contribution < 1.29 is 5.11 Å². The molecule has 2 aliphatic heterocycles. The molecule has 3 heterocycles. The van der Waals surface area contributed by atoms with Gasteiger partial charge in [-0.3, -0.25) is 0 Å². The van der Waals surface area contributed by atoms with Crippen molar-refractivity contribution >= 4 is 33.5 Å². The van der Waals surface area contributed by atoms with Crippen LogP contribution in [0.3, 0.4) is 0 Å². The van der Waals surface area contributed by atoms with Gasteiger partial charge in [-0.2, -0.15) is 9.97 Å². The second kappa shape index (κ2) is 9.09. The highest BCUT2D eigenvalue weighted by molar-refractivity contribution is 9.10. The highest BCUT2D eigenvalue weighted by Crippen LogP contribution is 2.26. The number of aromatic nitrogens is 2. The van der Waals surface area contributed by atoms with Gasteiger partial charge in [-0.25, -0.2) is 0 Å². The van der Waals surface area contributed by atoms with Crippen molar-refractivity contribution in [2.24, 2.45) is 0 Å². The maximum absolute atomic E-state index is 10.4. The first-order chi connectivity index (χ1) is 13.7.